The van der Waals surface area contributed by atoms with Crippen molar-refractivity contribution in [3.8, 4) is 0 Å². The maximum absolute atomic E-state index is 5.49. The molecule has 0 atom stereocenters. The van der Waals surface area contributed by atoms with Gasteiger partial charge in [0.2, 0.25) is 0 Å². The fraction of sp³-hybridized carbons (Fsp3) is 1.00. The van der Waals surface area contributed by atoms with Crippen LogP contribution in [-0.4, -0.2) is 61.2 Å². The van der Waals surface area contributed by atoms with Crippen LogP contribution in [0.3, 0.4) is 0 Å². The monoisotopic (exact) mass is 252 g/mol. The van der Waals surface area contributed by atoms with Gasteiger partial charge < -0.3 is 9.47 Å². The standard InChI is InChI=1S/C8H16N2O3S2/c1-5-11-6-2-9(1)14-13-15-10-3-7-12-8-4-10/h1-8H2. The third-order valence-corrected chi connectivity index (χ3v) is 3.85. The quantitative estimate of drug-likeness (QED) is 0.540. The highest BCUT2D eigenvalue weighted by Crippen LogP contribution is 2.23. The molecule has 0 aromatic rings. The lowest BCUT2D eigenvalue weighted by Gasteiger charge is -2.26. The first kappa shape index (κ1) is 12.0. The minimum Gasteiger partial charge on any atom is -0.379 e. The highest BCUT2D eigenvalue weighted by atomic mass is 32.2. The maximum atomic E-state index is 5.49. The van der Waals surface area contributed by atoms with E-state index in [9.17, 15) is 0 Å². The van der Waals surface area contributed by atoms with Crippen molar-refractivity contribution < 1.29 is 13.1 Å². The molecule has 0 aromatic heterocycles. The van der Waals surface area contributed by atoms with Gasteiger partial charge in [0.1, 0.15) is 0 Å². The van der Waals surface area contributed by atoms with Crippen LogP contribution in [0.4, 0.5) is 0 Å². The summed E-state index contributed by atoms with van der Waals surface area (Å²) >= 11 is 2.85. The van der Waals surface area contributed by atoms with Gasteiger partial charge in [-0.05, 0) is 0 Å². The SMILES string of the molecule is C1CN(SOSN2CCOCC2)CCO1. The summed E-state index contributed by atoms with van der Waals surface area (Å²) in [6.07, 6.45) is 0. The molecule has 0 aliphatic carbocycles. The molecule has 2 aliphatic heterocycles. The van der Waals surface area contributed by atoms with Crippen LogP contribution in [0.25, 0.3) is 0 Å². The second-order valence-electron chi connectivity index (χ2n) is 3.30. The third kappa shape index (κ3) is 4.48. The van der Waals surface area contributed by atoms with Crippen molar-refractivity contribution >= 4 is 24.5 Å². The van der Waals surface area contributed by atoms with Crippen LogP contribution >= 0.6 is 24.5 Å². The number of rotatable bonds is 4. The summed E-state index contributed by atoms with van der Waals surface area (Å²) in [6.45, 7) is 6.97. The Hall–Kier alpha value is 0.500. The van der Waals surface area contributed by atoms with Crippen LogP contribution in [0, 0.1) is 0 Å². The second kappa shape index (κ2) is 6.95. The minimum atomic E-state index is 0.804. The van der Waals surface area contributed by atoms with Crippen LogP contribution < -0.4 is 0 Å². The molecule has 88 valence electrons. The smallest absolute Gasteiger partial charge is 0.0982 e. The Morgan fingerprint density at radius 2 is 1.13 bits per heavy atom. The number of hydrogen-bond acceptors (Lipinski definition) is 7. The molecule has 7 heteroatoms. The van der Waals surface area contributed by atoms with E-state index in [-0.39, 0.29) is 0 Å². The molecule has 0 amide bonds. The summed E-state index contributed by atoms with van der Waals surface area (Å²) in [5, 5.41) is 0. The molecule has 2 fully saturated rings. The van der Waals surface area contributed by atoms with E-state index in [1.54, 1.807) is 0 Å². The molecular formula is C8H16N2O3S2. The zero-order chi connectivity index (χ0) is 10.3. The van der Waals surface area contributed by atoms with Gasteiger partial charge >= 0.3 is 0 Å². The molecule has 0 bridgehead atoms. The van der Waals surface area contributed by atoms with Crippen molar-refractivity contribution in [2.45, 2.75) is 0 Å². The first-order valence-electron chi connectivity index (χ1n) is 5.12. The molecule has 2 saturated heterocycles. The van der Waals surface area contributed by atoms with Gasteiger partial charge in [-0.1, -0.05) is 0 Å². The van der Waals surface area contributed by atoms with E-state index < -0.39 is 0 Å². The van der Waals surface area contributed by atoms with Crippen molar-refractivity contribution in [1.29, 1.82) is 0 Å². The Labute approximate surface area is 99.1 Å². The van der Waals surface area contributed by atoms with Gasteiger partial charge in [0.25, 0.3) is 0 Å². The molecular weight excluding hydrogens is 236 g/mol. The van der Waals surface area contributed by atoms with Crippen LogP contribution in [0.1, 0.15) is 0 Å². The first-order valence-corrected chi connectivity index (χ1v) is 6.52. The summed E-state index contributed by atoms with van der Waals surface area (Å²) in [5.74, 6) is 0. The van der Waals surface area contributed by atoms with Crippen molar-refractivity contribution in [2.24, 2.45) is 0 Å². The third-order valence-electron chi connectivity index (χ3n) is 2.21. The lowest BCUT2D eigenvalue weighted by Crippen LogP contribution is -2.32. The van der Waals surface area contributed by atoms with Gasteiger partial charge in [-0.2, -0.15) is 0 Å². The topological polar surface area (TPSA) is 34.2 Å². The van der Waals surface area contributed by atoms with Crippen LogP contribution in [0.2, 0.25) is 0 Å². The Bertz CT molecular complexity index is 157. The summed E-state index contributed by atoms with van der Waals surface area (Å²) in [4.78, 5) is 0. The number of nitrogens with zero attached hydrogens (tertiary/aromatic N) is 2. The number of hydrogen-bond donors (Lipinski definition) is 0. The average molecular weight is 252 g/mol. The van der Waals surface area contributed by atoms with E-state index >= 15 is 0 Å². The number of ether oxygens (including phenoxy) is 2. The van der Waals surface area contributed by atoms with Crippen molar-refractivity contribution in [3.05, 3.63) is 0 Å². The van der Waals surface area contributed by atoms with Gasteiger partial charge in [-0.3, -0.25) is 0 Å². The Kier molecular flexibility index (Phi) is 5.55. The summed E-state index contributed by atoms with van der Waals surface area (Å²) in [5.41, 5.74) is 0. The van der Waals surface area contributed by atoms with Crippen LogP contribution in [-0.2, 0) is 13.1 Å². The van der Waals surface area contributed by atoms with Gasteiger partial charge in [0.15, 0.2) is 0 Å². The normalized spacial score (nSPS) is 25.6. The molecule has 2 heterocycles. The number of morpholine rings is 2. The molecule has 0 N–H and O–H groups in total. The molecule has 0 saturated carbocycles. The summed E-state index contributed by atoms with van der Waals surface area (Å²) in [6, 6.07) is 0. The Morgan fingerprint density at radius 1 is 0.733 bits per heavy atom. The summed E-state index contributed by atoms with van der Waals surface area (Å²) < 4.78 is 20.3. The van der Waals surface area contributed by atoms with Gasteiger partial charge in [-0.25, -0.2) is 12.2 Å². The molecule has 2 rings (SSSR count). The largest absolute Gasteiger partial charge is 0.379 e. The lowest BCUT2D eigenvalue weighted by molar-refractivity contribution is 0.0735. The molecule has 0 unspecified atom stereocenters. The molecule has 0 spiro atoms. The maximum Gasteiger partial charge on any atom is 0.0982 e. The van der Waals surface area contributed by atoms with E-state index in [0.29, 0.717) is 0 Å². The van der Waals surface area contributed by atoms with Gasteiger partial charge in [-0.15, -0.1) is 0 Å². The fourth-order valence-corrected chi connectivity index (χ4v) is 2.74. The summed E-state index contributed by atoms with van der Waals surface area (Å²) in [7, 11) is 0. The van der Waals surface area contributed by atoms with Crippen molar-refractivity contribution in [2.75, 3.05) is 52.6 Å². The minimum absolute atomic E-state index is 0.804. The fourth-order valence-electron chi connectivity index (χ4n) is 1.34. The van der Waals surface area contributed by atoms with Crippen molar-refractivity contribution in [3.63, 3.8) is 0 Å². The lowest BCUT2D eigenvalue weighted by atomic mass is 10.5. The zero-order valence-electron chi connectivity index (χ0n) is 8.59. The van der Waals surface area contributed by atoms with E-state index in [1.165, 1.54) is 24.5 Å². The Morgan fingerprint density at radius 3 is 1.53 bits per heavy atom. The van der Waals surface area contributed by atoms with Crippen LogP contribution in [0.5, 0.6) is 0 Å². The average Bonchev–Trinajstić information content (AvgIpc) is 2.32. The van der Waals surface area contributed by atoms with E-state index in [2.05, 4.69) is 8.61 Å². The predicted octanol–water partition coefficient (Wildman–Crippen LogP) is 0.794. The van der Waals surface area contributed by atoms with Gasteiger partial charge in [0, 0.05) is 26.2 Å². The Balaban J connectivity index is 1.53. The molecule has 0 radical (unpaired) electrons. The van der Waals surface area contributed by atoms with Crippen LogP contribution in [0.15, 0.2) is 0 Å². The van der Waals surface area contributed by atoms with E-state index in [4.69, 9.17) is 13.1 Å². The second-order valence-corrected chi connectivity index (χ2v) is 5.18. The molecule has 0 aromatic carbocycles. The van der Waals surface area contributed by atoms with E-state index in [0.717, 1.165) is 52.6 Å². The molecule has 5 nitrogen and oxygen atoms in total. The zero-order valence-corrected chi connectivity index (χ0v) is 10.2. The van der Waals surface area contributed by atoms with E-state index in [1.807, 2.05) is 0 Å². The molecule has 2 aliphatic rings. The first-order chi connectivity index (χ1) is 7.45. The predicted molar refractivity (Wildman–Crippen MR) is 61.1 cm³/mol. The van der Waals surface area contributed by atoms with Gasteiger partial charge in [0.05, 0.1) is 50.9 Å². The molecule has 15 heavy (non-hydrogen) atoms. The highest BCUT2D eigenvalue weighted by molar-refractivity contribution is 8.05. The van der Waals surface area contributed by atoms with Crippen molar-refractivity contribution in [1.82, 2.24) is 8.61 Å². The highest BCUT2D eigenvalue weighted by Gasteiger charge is 2.15.